The molecule has 6 nitrogen and oxygen atoms in total. The third-order valence-corrected chi connectivity index (χ3v) is 4.31. The first-order valence-electron chi connectivity index (χ1n) is 6.90. The van der Waals surface area contributed by atoms with Gasteiger partial charge in [0.25, 0.3) is 5.91 Å². The molecule has 1 saturated heterocycles. The van der Waals surface area contributed by atoms with Crippen molar-refractivity contribution in [1.29, 1.82) is 0 Å². The SMILES string of the molecule is Cc1ccc(C(=O)N2CCO[C@H](CN(C)CC(N)=O)C2)s1. The number of likely N-dealkylation sites (N-methyl/N-ethyl adjacent to an activating group) is 1. The summed E-state index contributed by atoms with van der Waals surface area (Å²) in [6, 6.07) is 3.82. The van der Waals surface area contributed by atoms with Crippen LogP contribution in [0.1, 0.15) is 14.5 Å². The van der Waals surface area contributed by atoms with Gasteiger partial charge in [-0.1, -0.05) is 0 Å². The van der Waals surface area contributed by atoms with Crippen LogP contribution in [-0.4, -0.2) is 67.6 Å². The summed E-state index contributed by atoms with van der Waals surface area (Å²) in [7, 11) is 1.82. The third kappa shape index (κ3) is 4.52. The Kier molecular flexibility index (Phi) is 5.33. The van der Waals surface area contributed by atoms with Crippen LogP contribution in [0, 0.1) is 6.92 Å². The van der Waals surface area contributed by atoms with Crippen molar-refractivity contribution in [3.05, 3.63) is 21.9 Å². The van der Waals surface area contributed by atoms with Gasteiger partial charge in [-0.3, -0.25) is 14.5 Å². The quantitative estimate of drug-likeness (QED) is 0.849. The van der Waals surface area contributed by atoms with Crippen LogP contribution in [0.3, 0.4) is 0 Å². The minimum absolute atomic E-state index is 0.0546. The van der Waals surface area contributed by atoms with Gasteiger partial charge in [-0.15, -0.1) is 11.3 Å². The van der Waals surface area contributed by atoms with Crippen molar-refractivity contribution in [1.82, 2.24) is 9.80 Å². The fourth-order valence-electron chi connectivity index (χ4n) is 2.40. The minimum Gasteiger partial charge on any atom is -0.373 e. The smallest absolute Gasteiger partial charge is 0.264 e. The molecule has 2 rings (SSSR count). The van der Waals surface area contributed by atoms with Gasteiger partial charge in [0.1, 0.15) is 0 Å². The molecule has 2 amide bonds. The van der Waals surface area contributed by atoms with Crippen LogP contribution in [0.4, 0.5) is 0 Å². The van der Waals surface area contributed by atoms with Gasteiger partial charge in [0.05, 0.1) is 24.1 Å². The molecular weight excluding hydrogens is 290 g/mol. The molecule has 1 fully saturated rings. The van der Waals surface area contributed by atoms with Gasteiger partial charge < -0.3 is 15.4 Å². The van der Waals surface area contributed by atoms with E-state index in [9.17, 15) is 9.59 Å². The summed E-state index contributed by atoms with van der Waals surface area (Å²) in [5.74, 6) is -0.311. The number of rotatable bonds is 5. The summed E-state index contributed by atoms with van der Waals surface area (Å²) in [5, 5.41) is 0. The lowest BCUT2D eigenvalue weighted by molar-refractivity contribution is -0.119. The number of hydrogen-bond acceptors (Lipinski definition) is 5. The van der Waals surface area contributed by atoms with Crippen LogP contribution in [0.5, 0.6) is 0 Å². The summed E-state index contributed by atoms with van der Waals surface area (Å²) in [6.07, 6.45) is -0.0897. The molecule has 0 radical (unpaired) electrons. The Labute approximate surface area is 128 Å². The molecule has 1 aliphatic rings. The lowest BCUT2D eigenvalue weighted by Crippen LogP contribution is -2.49. The highest BCUT2D eigenvalue weighted by atomic mass is 32.1. The van der Waals surface area contributed by atoms with Gasteiger partial charge >= 0.3 is 0 Å². The lowest BCUT2D eigenvalue weighted by atomic mass is 10.2. The Morgan fingerprint density at radius 2 is 2.29 bits per heavy atom. The molecule has 0 saturated carbocycles. The largest absolute Gasteiger partial charge is 0.373 e. The standard InChI is InChI=1S/C14H21N3O3S/c1-10-3-4-12(21-10)14(19)17-5-6-20-11(8-17)7-16(2)9-13(15)18/h3-4,11H,5-9H2,1-2H3,(H2,15,18)/t11-/m1/s1. The van der Waals surface area contributed by atoms with Gasteiger partial charge in [0, 0.05) is 24.5 Å². The number of nitrogens with two attached hydrogens (primary N) is 1. The zero-order valence-electron chi connectivity index (χ0n) is 12.4. The zero-order valence-corrected chi connectivity index (χ0v) is 13.2. The van der Waals surface area contributed by atoms with Gasteiger partial charge in [-0.25, -0.2) is 0 Å². The topological polar surface area (TPSA) is 75.9 Å². The second-order valence-electron chi connectivity index (χ2n) is 5.32. The number of hydrogen-bond donors (Lipinski definition) is 1. The molecule has 116 valence electrons. The summed E-state index contributed by atoms with van der Waals surface area (Å²) < 4.78 is 5.67. The van der Waals surface area contributed by atoms with Crippen LogP contribution in [0.25, 0.3) is 0 Å². The van der Waals surface area contributed by atoms with Crippen LogP contribution >= 0.6 is 11.3 Å². The van der Waals surface area contributed by atoms with Crippen LogP contribution < -0.4 is 5.73 Å². The Morgan fingerprint density at radius 3 is 2.90 bits per heavy atom. The molecule has 2 heterocycles. The first-order valence-corrected chi connectivity index (χ1v) is 7.71. The Bertz CT molecular complexity index is 517. The fourth-order valence-corrected chi connectivity index (χ4v) is 3.23. The number of carbonyl (C=O) groups excluding carboxylic acids is 2. The molecule has 1 atom stereocenters. The van der Waals surface area contributed by atoms with Crippen molar-refractivity contribution in [3.63, 3.8) is 0 Å². The maximum absolute atomic E-state index is 12.4. The molecule has 1 aromatic heterocycles. The van der Waals surface area contributed by atoms with Gasteiger partial charge in [0.15, 0.2) is 0 Å². The Morgan fingerprint density at radius 1 is 1.52 bits per heavy atom. The molecule has 1 aromatic rings. The molecule has 1 aliphatic heterocycles. The maximum atomic E-state index is 12.4. The second kappa shape index (κ2) is 7.02. The minimum atomic E-state index is -0.365. The summed E-state index contributed by atoms with van der Waals surface area (Å²) in [6.45, 7) is 4.42. The summed E-state index contributed by atoms with van der Waals surface area (Å²) >= 11 is 1.51. The molecule has 7 heteroatoms. The normalized spacial score (nSPS) is 19.0. The van der Waals surface area contributed by atoms with Crippen molar-refractivity contribution < 1.29 is 14.3 Å². The second-order valence-corrected chi connectivity index (χ2v) is 6.61. The van der Waals surface area contributed by atoms with E-state index in [0.29, 0.717) is 26.2 Å². The molecular formula is C14H21N3O3S. The van der Waals surface area contributed by atoms with Gasteiger partial charge in [-0.2, -0.15) is 0 Å². The molecule has 21 heavy (non-hydrogen) atoms. The van der Waals surface area contributed by atoms with E-state index in [-0.39, 0.29) is 24.5 Å². The number of nitrogens with zero attached hydrogens (tertiary/aromatic N) is 2. The van der Waals surface area contributed by atoms with Gasteiger partial charge in [0.2, 0.25) is 5.91 Å². The number of carbonyl (C=O) groups is 2. The van der Waals surface area contributed by atoms with E-state index >= 15 is 0 Å². The number of ether oxygens (including phenoxy) is 1. The fraction of sp³-hybridized carbons (Fsp3) is 0.571. The van der Waals surface area contributed by atoms with Crippen molar-refractivity contribution in [2.75, 3.05) is 39.8 Å². The number of thiophene rings is 1. The predicted molar refractivity (Wildman–Crippen MR) is 81.4 cm³/mol. The number of amides is 2. The van der Waals surface area contributed by atoms with Crippen LogP contribution in [0.2, 0.25) is 0 Å². The highest BCUT2D eigenvalue weighted by molar-refractivity contribution is 7.13. The van der Waals surface area contributed by atoms with E-state index in [2.05, 4.69) is 0 Å². The van der Waals surface area contributed by atoms with E-state index in [1.54, 1.807) is 0 Å². The highest BCUT2D eigenvalue weighted by Crippen LogP contribution is 2.19. The first-order chi connectivity index (χ1) is 9.95. The molecule has 0 spiro atoms. The molecule has 2 N–H and O–H groups in total. The first kappa shape index (κ1) is 15.9. The van der Waals surface area contributed by atoms with Crippen molar-refractivity contribution in [2.24, 2.45) is 5.73 Å². The average Bonchev–Trinajstić information content (AvgIpc) is 2.84. The van der Waals surface area contributed by atoms with Gasteiger partial charge in [-0.05, 0) is 26.1 Å². The van der Waals surface area contributed by atoms with Crippen molar-refractivity contribution in [2.45, 2.75) is 13.0 Å². The maximum Gasteiger partial charge on any atom is 0.264 e. The molecule has 0 unspecified atom stereocenters. The number of aryl methyl sites for hydroxylation is 1. The monoisotopic (exact) mass is 311 g/mol. The number of morpholine rings is 1. The molecule has 0 aromatic carbocycles. The third-order valence-electron chi connectivity index (χ3n) is 3.32. The van der Waals surface area contributed by atoms with Crippen molar-refractivity contribution in [3.8, 4) is 0 Å². The van der Waals surface area contributed by atoms with Crippen LogP contribution in [-0.2, 0) is 9.53 Å². The average molecular weight is 311 g/mol. The number of primary amides is 1. The predicted octanol–water partition coefficient (Wildman–Crippen LogP) is 0.315. The van der Waals surface area contributed by atoms with E-state index in [4.69, 9.17) is 10.5 Å². The Balaban J connectivity index is 1.91. The van der Waals surface area contributed by atoms with E-state index < -0.39 is 0 Å². The lowest BCUT2D eigenvalue weighted by Gasteiger charge is -2.34. The van der Waals surface area contributed by atoms with E-state index in [0.717, 1.165) is 9.75 Å². The zero-order chi connectivity index (χ0) is 15.4. The van der Waals surface area contributed by atoms with E-state index in [1.165, 1.54) is 11.3 Å². The van der Waals surface area contributed by atoms with Crippen LogP contribution in [0.15, 0.2) is 12.1 Å². The Hall–Kier alpha value is -1.44. The highest BCUT2D eigenvalue weighted by Gasteiger charge is 2.26. The van der Waals surface area contributed by atoms with E-state index in [1.807, 2.05) is 35.9 Å². The summed E-state index contributed by atoms with van der Waals surface area (Å²) in [4.78, 5) is 28.8. The molecule has 0 aliphatic carbocycles. The summed E-state index contributed by atoms with van der Waals surface area (Å²) in [5.41, 5.74) is 5.17. The van der Waals surface area contributed by atoms with Crippen molar-refractivity contribution >= 4 is 23.2 Å². The molecule has 0 bridgehead atoms.